The Hall–Kier alpha value is -1.61. The quantitative estimate of drug-likeness (QED) is 0.707. The molecule has 0 aliphatic rings. The average molecular weight is 288 g/mol. The van der Waals surface area contributed by atoms with E-state index in [4.69, 9.17) is 0 Å². The van der Waals surface area contributed by atoms with E-state index in [2.05, 4.69) is 30.4 Å². The van der Waals surface area contributed by atoms with Crippen LogP contribution in [0.25, 0.3) is 6.08 Å². The summed E-state index contributed by atoms with van der Waals surface area (Å²) in [5, 5.41) is 3.40. The molecule has 0 unspecified atom stereocenters. The van der Waals surface area contributed by atoms with Crippen molar-refractivity contribution in [3.8, 4) is 0 Å². The van der Waals surface area contributed by atoms with Crippen molar-refractivity contribution in [2.24, 2.45) is 0 Å². The molecule has 0 heterocycles. The van der Waals surface area contributed by atoms with Crippen molar-refractivity contribution in [1.29, 1.82) is 0 Å². The highest BCUT2D eigenvalue weighted by Crippen LogP contribution is 2.05. The number of hydrogen-bond donors (Lipinski definition) is 1. The van der Waals surface area contributed by atoms with Crippen molar-refractivity contribution in [1.82, 2.24) is 10.2 Å². The number of nitrogens with one attached hydrogen (secondary N) is 1. The lowest BCUT2D eigenvalue weighted by molar-refractivity contribution is -0.130. The average Bonchev–Trinajstić information content (AvgIpc) is 2.49. The third-order valence-electron chi connectivity index (χ3n) is 3.48. The Labute approximate surface area is 129 Å². The van der Waals surface area contributed by atoms with Crippen LogP contribution in [0.3, 0.4) is 0 Å². The Balaban J connectivity index is 2.19. The maximum absolute atomic E-state index is 11.8. The van der Waals surface area contributed by atoms with Gasteiger partial charge in [-0.05, 0) is 39.3 Å². The number of rotatable bonds is 9. The summed E-state index contributed by atoms with van der Waals surface area (Å²) in [6.07, 6.45) is 3.72. The van der Waals surface area contributed by atoms with Gasteiger partial charge in [-0.25, -0.2) is 0 Å². The Morgan fingerprint density at radius 1 is 1.19 bits per heavy atom. The molecule has 1 rings (SSSR count). The van der Waals surface area contributed by atoms with Gasteiger partial charge < -0.3 is 10.2 Å². The van der Waals surface area contributed by atoms with Crippen LogP contribution in [0.5, 0.6) is 0 Å². The molecule has 0 aliphatic carbocycles. The van der Waals surface area contributed by atoms with Gasteiger partial charge in [0.2, 0.25) is 5.91 Å². The molecule has 0 saturated carbocycles. The molecule has 3 nitrogen and oxygen atoms in total. The fraction of sp³-hybridized carbons (Fsp3) is 0.500. The Bertz CT molecular complexity index is 436. The molecule has 0 aliphatic heterocycles. The SMILES string of the molecule is CCN(CC)C(=O)CCCNC/C(C)=C/c1ccccc1. The Morgan fingerprint density at radius 2 is 1.86 bits per heavy atom. The Kier molecular flexibility index (Phi) is 8.44. The van der Waals surface area contributed by atoms with Crippen molar-refractivity contribution in [2.75, 3.05) is 26.2 Å². The molecule has 116 valence electrons. The standard InChI is InChI=1S/C18H28N2O/c1-4-20(5-2)18(21)12-9-13-19-15-16(3)14-17-10-7-6-8-11-17/h6-8,10-11,14,19H,4-5,9,12-13,15H2,1-3H3/b16-14+. The van der Waals surface area contributed by atoms with Gasteiger partial charge in [0.25, 0.3) is 0 Å². The molecule has 1 amide bonds. The molecular formula is C18H28N2O. The summed E-state index contributed by atoms with van der Waals surface area (Å²) < 4.78 is 0. The monoisotopic (exact) mass is 288 g/mol. The lowest BCUT2D eigenvalue weighted by atomic mass is 10.1. The number of benzene rings is 1. The molecule has 0 fully saturated rings. The topological polar surface area (TPSA) is 32.3 Å². The van der Waals surface area contributed by atoms with Crippen molar-refractivity contribution in [3.63, 3.8) is 0 Å². The molecule has 3 heteroatoms. The number of nitrogens with zero attached hydrogens (tertiary/aromatic N) is 1. The molecule has 1 aromatic rings. The molecular weight excluding hydrogens is 260 g/mol. The molecule has 0 radical (unpaired) electrons. The summed E-state index contributed by atoms with van der Waals surface area (Å²) in [4.78, 5) is 13.7. The molecule has 0 spiro atoms. The van der Waals surface area contributed by atoms with Crippen LogP contribution in [0, 0.1) is 0 Å². The molecule has 1 aromatic carbocycles. The molecule has 0 atom stereocenters. The van der Waals surface area contributed by atoms with Crippen LogP contribution in [0.2, 0.25) is 0 Å². The highest BCUT2D eigenvalue weighted by Gasteiger charge is 2.07. The van der Waals surface area contributed by atoms with Crippen LogP contribution in [-0.2, 0) is 4.79 Å². The van der Waals surface area contributed by atoms with E-state index in [1.54, 1.807) is 0 Å². The van der Waals surface area contributed by atoms with E-state index in [-0.39, 0.29) is 5.91 Å². The smallest absolute Gasteiger partial charge is 0.222 e. The molecule has 0 saturated heterocycles. The first-order chi connectivity index (χ1) is 10.2. The van der Waals surface area contributed by atoms with E-state index in [0.717, 1.165) is 32.6 Å². The van der Waals surface area contributed by atoms with Crippen molar-refractivity contribution in [3.05, 3.63) is 41.5 Å². The van der Waals surface area contributed by atoms with Crippen LogP contribution in [-0.4, -0.2) is 37.0 Å². The van der Waals surface area contributed by atoms with Gasteiger partial charge in [0.1, 0.15) is 0 Å². The summed E-state index contributed by atoms with van der Waals surface area (Å²) in [5.41, 5.74) is 2.53. The summed E-state index contributed by atoms with van der Waals surface area (Å²) in [6, 6.07) is 10.3. The van der Waals surface area contributed by atoms with Gasteiger partial charge >= 0.3 is 0 Å². The lowest BCUT2D eigenvalue weighted by Crippen LogP contribution is -2.31. The molecule has 0 bridgehead atoms. The summed E-state index contributed by atoms with van der Waals surface area (Å²) in [6.45, 7) is 9.54. The zero-order chi connectivity index (χ0) is 15.5. The van der Waals surface area contributed by atoms with Crippen molar-refractivity contribution < 1.29 is 4.79 Å². The fourth-order valence-electron chi connectivity index (χ4n) is 2.27. The molecule has 21 heavy (non-hydrogen) atoms. The van der Waals surface area contributed by atoms with Gasteiger partial charge in [-0.3, -0.25) is 4.79 Å². The van der Waals surface area contributed by atoms with Crippen LogP contribution in [0.15, 0.2) is 35.9 Å². The summed E-state index contributed by atoms with van der Waals surface area (Å²) >= 11 is 0. The number of hydrogen-bond acceptors (Lipinski definition) is 2. The number of carbonyl (C=O) groups is 1. The Morgan fingerprint density at radius 3 is 2.48 bits per heavy atom. The second kappa shape index (κ2) is 10.2. The van der Waals surface area contributed by atoms with Crippen LogP contribution >= 0.6 is 0 Å². The summed E-state index contributed by atoms with van der Waals surface area (Å²) in [5.74, 6) is 0.262. The molecule has 1 N–H and O–H groups in total. The van der Waals surface area contributed by atoms with Gasteiger partial charge in [-0.15, -0.1) is 0 Å². The van der Waals surface area contributed by atoms with E-state index in [1.165, 1.54) is 11.1 Å². The van der Waals surface area contributed by atoms with E-state index < -0.39 is 0 Å². The minimum Gasteiger partial charge on any atom is -0.343 e. The van der Waals surface area contributed by atoms with Gasteiger partial charge in [0.15, 0.2) is 0 Å². The predicted molar refractivity (Wildman–Crippen MR) is 90.1 cm³/mol. The van der Waals surface area contributed by atoms with E-state index in [1.807, 2.05) is 36.9 Å². The second-order valence-electron chi connectivity index (χ2n) is 5.25. The minimum atomic E-state index is 0.262. The minimum absolute atomic E-state index is 0.262. The van der Waals surface area contributed by atoms with Gasteiger partial charge in [-0.2, -0.15) is 0 Å². The lowest BCUT2D eigenvalue weighted by Gasteiger charge is -2.18. The maximum Gasteiger partial charge on any atom is 0.222 e. The first-order valence-corrected chi connectivity index (χ1v) is 7.88. The maximum atomic E-state index is 11.8. The highest BCUT2D eigenvalue weighted by molar-refractivity contribution is 5.76. The van der Waals surface area contributed by atoms with Crippen LogP contribution in [0.4, 0.5) is 0 Å². The van der Waals surface area contributed by atoms with Gasteiger partial charge in [0.05, 0.1) is 0 Å². The first-order valence-electron chi connectivity index (χ1n) is 7.88. The highest BCUT2D eigenvalue weighted by atomic mass is 16.2. The predicted octanol–water partition coefficient (Wildman–Crippen LogP) is 3.33. The fourth-order valence-corrected chi connectivity index (χ4v) is 2.27. The van der Waals surface area contributed by atoms with Gasteiger partial charge in [-0.1, -0.05) is 42.0 Å². The van der Waals surface area contributed by atoms with E-state index in [0.29, 0.717) is 6.42 Å². The molecule has 0 aromatic heterocycles. The largest absolute Gasteiger partial charge is 0.343 e. The van der Waals surface area contributed by atoms with Crippen LogP contribution in [0.1, 0.15) is 39.2 Å². The summed E-state index contributed by atoms with van der Waals surface area (Å²) in [7, 11) is 0. The van der Waals surface area contributed by atoms with E-state index >= 15 is 0 Å². The van der Waals surface area contributed by atoms with Gasteiger partial charge in [0, 0.05) is 26.1 Å². The second-order valence-corrected chi connectivity index (χ2v) is 5.25. The van der Waals surface area contributed by atoms with Crippen molar-refractivity contribution >= 4 is 12.0 Å². The zero-order valence-electron chi connectivity index (χ0n) is 13.6. The normalized spacial score (nSPS) is 11.5. The van der Waals surface area contributed by atoms with Crippen LogP contribution < -0.4 is 5.32 Å². The third kappa shape index (κ3) is 7.09. The zero-order valence-corrected chi connectivity index (χ0v) is 13.6. The van der Waals surface area contributed by atoms with Crippen molar-refractivity contribution in [2.45, 2.75) is 33.6 Å². The first kappa shape index (κ1) is 17.4. The number of amides is 1. The van der Waals surface area contributed by atoms with E-state index in [9.17, 15) is 4.79 Å². The number of carbonyl (C=O) groups excluding carboxylic acids is 1. The third-order valence-corrected chi connectivity index (χ3v) is 3.48.